The molecule has 4 aliphatic carbocycles. The smallest absolute Gasteiger partial charge is 0.310 e. The first-order valence-electron chi connectivity index (χ1n) is 11.0. The number of fused-ring (bicyclic) bond motifs is 5. The van der Waals surface area contributed by atoms with Gasteiger partial charge in [0.15, 0.2) is 5.78 Å². The van der Waals surface area contributed by atoms with Gasteiger partial charge in [-0.05, 0) is 91.6 Å². The Morgan fingerprint density at radius 1 is 1.15 bits per heavy atom. The van der Waals surface area contributed by atoms with Crippen LogP contribution in [0.15, 0.2) is 24.0 Å². The average Bonchev–Trinajstić information content (AvgIpc) is 2.99. The largest absolute Gasteiger partial charge is 0.435 e. The summed E-state index contributed by atoms with van der Waals surface area (Å²) in [5.74, 6) is 3.00. The Kier molecular flexibility index (Phi) is 4.84. The fraction of sp³-hybridized carbons (Fsp3) is 0.750. The molecule has 3 heteroatoms. The molecule has 0 heterocycles. The second-order valence-electron chi connectivity index (χ2n) is 9.87. The van der Waals surface area contributed by atoms with E-state index in [1.165, 1.54) is 37.7 Å². The Balaban J connectivity index is 1.53. The van der Waals surface area contributed by atoms with Crippen molar-refractivity contribution in [3.8, 4) is 0 Å². The SMILES string of the molecule is CCC(=O)OC=CC1CC[C@H]2[C@@H]3CCC4=CC(=O)CC[C@]4(C)[C@@H]3CC[C@]12C. The third kappa shape index (κ3) is 3.02. The summed E-state index contributed by atoms with van der Waals surface area (Å²) in [5, 5.41) is 0. The van der Waals surface area contributed by atoms with Gasteiger partial charge in [0.25, 0.3) is 0 Å². The molecule has 0 amide bonds. The van der Waals surface area contributed by atoms with E-state index in [9.17, 15) is 9.59 Å². The molecule has 0 aromatic carbocycles. The molecule has 0 N–H and O–H groups in total. The summed E-state index contributed by atoms with van der Waals surface area (Å²) in [6.07, 6.45) is 15.4. The summed E-state index contributed by atoms with van der Waals surface area (Å²) in [6.45, 7) is 6.76. The van der Waals surface area contributed by atoms with E-state index in [-0.39, 0.29) is 11.4 Å². The topological polar surface area (TPSA) is 43.4 Å². The van der Waals surface area contributed by atoms with Gasteiger partial charge >= 0.3 is 5.97 Å². The van der Waals surface area contributed by atoms with Crippen LogP contribution in [-0.2, 0) is 14.3 Å². The predicted octanol–water partition coefficient (Wildman–Crippen LogP) is 5.60. The van der Waals surface area contributed by atoms with Crippen LogP contribution in [0.25, 0.3) is 0 Å². The molecule has 0 radical (unpaired) electrons. The molecular formula is C24H34O3. The van der Waals surface area contributed by atoms with Gasteiger partial charge in [0.1, 0.15) is 0 Å². The van der Waals surface area contributed by atoms with E-state index in [0.29, 0.717) is 23.5 Å². The van der Waals surface area contributed by atoms with Crippen LogP contribution in [0.1, 0.15) is 78.6 Å². The van der Waals surface area contributed by atoms with Gasteiger partial charge in [-0.25, -0.2) is 0 Å². The number of rotatable bonds is 3. The summed E-state index contributed by atoms with van der Waals surface area (Å²) in [4.78, 5) is 23.4. The predicted molar refractivity (Wildman–Crippen MR) is 106 cm³/mol. The van der Waals surface area contributed by atoms with Crippen LogP contribution in [0.5, 0.6) is 0 Å². The number of ether oxygens (including phenoxy) is 1. The Morgan fingerprint density at radius 2 is 1.96 bits per heavy atom. The van der Waals surface area contributed by atoms with Gasteiger partial charge in [-0.1, -0.05) is 26.3 Å². The molecule has 27 heavy (non-hydrogen) atoms. The molecular weight excluding hydrogens is 336 g/mol. The molecule has 3 saturated carbocycles. The molecule has 3 fully saturated rings. The zero-order valence-electron chi connectivity index (χ0n) is 17.1. The molecule has 6 atom stereocenters. The number of allylic oxidation sites excluding steroid dienone is 2. The zero-order valence-corrected chi connectivity index (χ0v) is 17.1. The third-order valence-electron chi connectivity index (χ3n) is 8.83. The third-order valence-corrected chi connectivity index (χ3v) is 8.83. The van der Waals surface area contributed by atoms with Crippen molar-refractivity contribution in [3.63, 3.8) is 0 Å². The van der Waals surface area contributed by atoms with Gasteiger partial charge < -0.3 is 4.74 Å². The van der Waals surface area contributed by atoms with Crippen molar-refractivity contribution in [1.82, 2.24) is 0 Å². The molecule has 0 spiro atoms. The van der Waals surface area contributed by atoms with E-state index < -0.39 is 0 Å². The quantitative estimate of drug-likeness (QED) is 0.479. The molecule has 148 valence electrons. The minimum atomic E-state index is -0.152. The first-order valence-corrected chi connectivity index (χ1v) is 11.0. The van der Waals surface area contributed by atoms with Gasteiger partial charge in [0.05, 0.1) is 6.26 Å². The van der Waals surface area contributed by atoms with Gasteiger partial charge in [-0.3, -0.25) is 9.59 Å². The monoisotopic (exact) mass is 370 g/mol. The molecule has 0 bridgehead atoms. The summed E-state index contributed by atoms with van der Waals surface area (Å²) in [6, 6.07) is 0. The highest BCUT2D eigenvalue weighted by Crippen LogP contribution is 2.66. The maximum atomic E-state index is 11.9. The van der Waals surface area contributed by atoms with Crippen molar-refractivity contribution in [2.24, 2.45) is 34.5 Å². The van der Waals surface area contributed by atoms with Crippen molar-refractivity contribution in [3.05, 3.63) is 24.0 Å². The lowest BCUT2D eigenvalue weighted by Gasteiger charge is -2.58. The fourth-order valence-corrected chi connectivity index (χ4v) is 7.21. The molecule has 1 unspecified atom stereocenters. The van der Waals surface area contributed by atoms with Crippen LogP contribution in [0.2, 0.25) is 0 Å². The number of esters is 1. The maximum Gasteiger partial charge on any atom is 0.310 e. The number of carbonyl (C=O) groups is 2. The van der Waals surface area contributed by atoms with Crippen LogP contribution in [0.4, 0.5) is 0 Å². The molecule has 0 aromatic rings. The highest BCUT2D eigenvalue weighted by atomic mass is 16.5. The van der Waals surface area contributed by atoms with Crippen LogP contribution in [-0.4, -0.2) is 11.8 Å². The molecule has 0 saturated heterocycles. The first-order chi connectivity index (χ1) is 12.9. The molecule has 4 rings (SSSR count). The number of hydrogen-bond acceptors (Lipinski definition) is 3. The van der Waals surface area contributed by atoms with E-state index in [4.69, 9.17) is 4.74 Å². The van der Waals surface area contributed by atoms with E-state index in [2.05, 4.69) is 19.9 Å². The van der Waals surface area contributed by atoms with Gasteiger partial charge in [0, 0.05) is 12.8 Å². The van der Waals surface area contributed by atoms with E-state index >= 15 is 0 Å². The number of ketones is 1. The lowest BCUT2D eigenvalue weighted by molar-refractivity contribution is -0.137. The van der Waals surface area contributed by atoms with Crippen LogP contribution in [0, 0.1) is 34.5 Å². The van der Waals surface area contributed by atoms with E-state index in [1.54, 1.807) is 6.26 Å². The van der Waals surface area contributed by atoms with E-state index in [0.717, 1.165) is 37.0 Å². The van der Waals surface area contributed by atoms with Crippen molar-refractivity contribution < 1.29 is 14.3 Å². The van der Waals surface area contributed by atoms with E-state index in [1.807, 2.05) is 13.0 Å². The minimum Gasteiger partial charge on any atom is -0.435 e. The van der Waals surface area contributed by atoms with Crippen LogP contribution in [0.3, 0.4) is 0 Å². The van der Waals surface area contributed by atoms with Crippen LogP contribution >= 0.6 is 0 Å². The highest BCUT2D eigenvalue weighted by molar-refractivity contribution is 5.91. The van der Waals surface area contributed by atoms with Crippen molar-refractivity contribution in [2.45, 2.75) is 78.6 Å². The Bertz CT molecular complexity index is 690. The highest BCUT2D eigenvalue weighted by Gasteiger charge is 2.58. The summed E-state index contributed by atoms with van der Waals surface area (Å²) >= 11 is 0. The second-order valence-corrected chi connectivity index (χ2v) is 9.87. The van der Waals surface area contributed by atoms with Gasteiger partial charge in [-0.15, -0.1) is 0 Å². The van der Waals surface area contributed by atoms with Crippen molar-refractivity contribution >= 4 is 11.8 Å². The Labute approximate surface area is 163 Å². The normalized spacial score (nSPS) is 43.7. The Hall–Kier alpha value is -1.38. The van der Waals surface area contributed by atoms with Gasteiger partial charge in [-0.2, -0.15) is 0 Å². The summed E-state index contributed by atoms with van der Waals surface area (Å²) in [7, 11) is 0. The molecule has 4 aliphatic rings. The fourth-order valence-electron chi connectivity index (χ4n) is 7.21. The van der Waals surface area contributed by atoms with Crippen molar-refractivity contribution in [1.29, 1.82) is 0 Å². The van der Waals surface area contributed by atoms with Crippen LogP contribution < -0.4 is 0 Å². The standard InChI is InChI=1S/C24H34O3/c1-4-22(26)27-14-11-16-6-8-20-19-7-5-17-15-18(25)9-12-24(17,3)21(19)10-13-23(16,20)2/h11,14-16,19-21H,4-10,12-13H2,1-3H3/t16?,19-,20-,21+,23+,24-/m0/s1. The lowest BCUT2D eigenvalue weighted by atomic mass is 9.47. The molecule has 0 aromatic heterocycles. The number of hydrogen-bond donors (Lipinski definition) is 0. The van der Waals surface area contributed by atoms with Crippen molar-refractivity contribution in [2.75, 3.05) is 0 Å². The minimum absolute atomic E-state index is 0.152. The Morgan fingerprint density at radius 3 is 2.74 bits per heavy atom. The molecule has 3 nitrogen and oxygen atoms in total. The zero-order chi connectivity index (χ0) is 19.2. The summed E-state index contributed by atoms with van der Waals surface area (Å²) < 4.78 is 5.22. The lowest BCUT2D eigenvalue weighted by Crippen LogP contribution is -2.50. The summed E-state index contributed by atoms with van der Waals surface area (Å²) in [5.41, 5.74) is 2.03. The average molecular weight is 371 g/mol. The second kappa shape index (κ2) is 6.90. The maximum absolute atomic E-state index is 11.9. The first kappa shape index (κ1) is 19.0. The molecule has 0 aliphatic heterocycles. The number of carbonyl (C=O) groups excluding carboxylic acids is 2. The van der Waals surface area contributed by atoms with Gasteiger partial charge in [0.2, 0.25) is 0 Å².